The van der Waals surface area contributed by atoms with E-state index in [1.807, 2.05) is 12.1 Å². The van der Waals surface area contributed by atoms with Crippen molar-refractivity contribution in [2.75, 3.05) is 0 Å². The molecule has 1 heterocycles. The van der Waals surface area contributed by atoms with Gasteiger partial charge in [0.05, 0.1) is 6.61 Å². The Hall–Kier alpha value is -0.160. The van der Waals surface area contributed by atoms with Gasteiger partial charge in [-0.15, -0.1) is 0 Å². The molecule has 0 fully saturated rings. The summed E-state index contributed by atoms with van der Waals surface area (Å²) in [5.41, 5.74) is 0.857. The SMILES string of the molecule is OCc1ccc(I)nc1. The number of aromatic nitrogens is 1. The van der Waals surface area contributed by atoms with Gasteiger partial charge in [-0.05, 0) is 34.2 Å². The van der Waals surface area contributed by atoms with Crippen molar-refractivity contribution in [3.63, 3.8) is 0 Å². The Bertz CT molecular complexity index is 185. The molecule has 3 heteroatoms. The average Bonchev–Trinajstić information content (AvgIpc) is 1.90. The second-order valence-electron chi connectivity index (χ2n) is 1.65. The summed E-state index contributed by atoms with van der Waals surface area (Å²) in [4.78, 5) is 3.98. The lowest BCUT2D eigenvalue weighted by atomic mass is 10.3. The molecule has 9 heavy (non-hydrogen) atoms. The highest BCUT2D eigenvalue weighted by Gasteiger charge is 1.88. The van der Waals surface area contributed by atoms with E-state index in [4.69, 9.17) is 5.11 Å². The second-order valence-corrected chi connectivity index (χ2v) is 2.75. The first-order valence-corrected chi connectivity index (χ1v) is 3.62. The number of halogens is 1. The Labute approximate surface area is 67.1 Å². The molecule has 2 nitrogen and oxygen atoms in total. The number of hydrogen-bond acceptors (Lipinski definition) is 2. The van der Waals surface area contributed by atoms with Crippen LogP contribution in [0.4, 0.5) is 0 Å². The molecule has 0 aliphatic carbocycles. The van der Waals surface area contributed by atoms with Crippen LogP contribution in [0.5, 0.6) is 0 Å². The smallest absolute Gasteiger partial charge is 0.101 e. The Morgan fingerprint density at radius 1 is 1.56 bits per heavy atom. The second kappa shape index (κ2) is 3.12. The molecule has 0 amide bonds. The van der Waals surface area contributed by atoms with E-state index in [2.05, 4.69) is 27.6 Å². The lowest BCUT2D eigenvalue weighted by Crippen LogP contribution is -1.85. The van der Waals surface area contributed by atoms with Gasteiger partial charge in [0.25, 0.3) is 0 Å². The van der Waals surface area contributed by atoms with Crippen LogP contribution in [-0.4, -0.2) is 10.1 Å². The van der Waals surface area contributed by atoms with E-state index in [-0.39, 0.29) is 6.61 Å². The van der Waals surface area contributed by atoms with E-state index >= 15 is 0 Å². The molecule has 0 unspecified atom stereocenters. The fourth-order valence-corrected chi connectivity index (χ4v) is 0.819. The van der Waals surface area contributed by atoms with Crippen molar-refractivity contribution in [3.05, 3.63) is 27.6 Å². The van der Waals surface area contributed by atoms with Crippen LogP contribution in [0.2, 0.25) is 0 Å². The van der Waals surface area contributed by atoms with Crippen LogP contribution in [-0.2, 0) is 6.61 Å². The van der Waals surface area contributed by atoms with Crippen LogP contribution >= 0.6 is 22.6 Å². The van der Waals surface area contributed by atoms with Gasteiger partial charge in [-0.25, -0.2) is 4.98 Å². The van der Waals surface area contributed by atoms with Crippen molar-refractivity contribution >= 4 is 22.6 Å². The minimum atomic E-state index is 0.0733. The predicted molar refractivity (Wildman–Crippen MR) is 42.9 cm³/mol. The third-order valence-electron chi connectivity index (χ3n) is 0.971. The summed E-state index contributed by atoms with van der Waals surface area (Å²) in [6.07, 6.45) is 1.67. The van der Waals surface area contributed by atoms with E-state index in [0.717, 1.165) is 9.26 Å². The summed E-state index contributed by atoms with van der Waals surface area (Å²) in [6.45, 7) is 0.0733. The Balaban J connectivity index is 2.88. The van der Waals surface area contributed by atoms with Crippen molar-refractivity contribution in [1.82, 2.24) is 4.98 Å². The van der Waals surface area contributed by atoms with E-state index in [1.165, 1.54) is 0 Å². The normalized spacial score (nSPS) is 9.56. The highest BCUT2D eigenvalue weighted by molar-refractivity contribution is 14.1. The van der Waals surface area contributed by atoms with Crippen molar-refractivity contribution in [1.29, 1.82) is 0 Å². The van der Waals surface area contributed by atoms with Crippen LogP contribution in [0.15, 0.2) is 18.3 Å². The Kier molecular flexibility index (Phi) is 2.41. The van der Waals surface area contributed by atoms with Gasteiger partial charge in [-0.1, -0.05) is 6.07 Å². The molecule has 0 saturated heterocycles. The van der Waals surface area contributed by atoms with Crippen molar-refractivity contribution in [2.45, 2.75) is 6.61 Å². The van der Waals surface area contributed by atoms with Gasteiger partial charge in [-0.2, -0.15) is 0 Å². The van der Waals surface area contributed by atoms with Crippen LogP contribution in [0.25, 0.3) is 0 Å². The molecular weight excluding hydrogens is 229 g/mol. The number of rotatable bonds is 1. The molecule has 0 saturated carbocycles. The monoisotopic (exact) mass is 235 g/mol. The summed E-state index contributed by atoms with van der Waals surface area (Å²) in [5.74, 6) is 0. The highest BCUT2D eigenvalue weighted by atomic mass is 127. The Morgan fingerprint density at radius 3 is 2.78 bits per heavy atom. The van der Waals surface area contributed by atoms with Crippen LogP contribution in [0.3, 0.4) is 0 Å². The van der Waals surface area contributed by atoms with E-state index in [1.54, 1.807) is 6.20 Å². The number of hydrogen-bond donors (Lipinski definition) is 1. The van der Waals surface area contributed by atoms with Crippen molar-refractivity contribution in [3.8, 4) is 0 Å². The number of nitrogens with zero attached hydrogens (tertiary/aromatic N) is 1. The first-order valence-electron chi connectivity index (χ1n) is 2.54. The van der Waals surface area contributed by atoms with Gasteiger partial charge >= 0.3 is 0 Å². The topological polar surface area (TPSA) is 33.1 Å². The zero-order valence-electron chi connectivity index (χ0n) is 4.71. The zero-order valence-corrected chi connectivity index (χ0v) is 6.87. The summed E-state index contributed by atoms with van der Waals surface area (Å²) < 4.78 is 0.949. The zero-order chi connectivity index (χ0) is 6.69. The number of pyridine rings is 1. The summed E-state index contributed by atoms with van der Waals surface area (Å²) in [7, 11) is 0. The molecule has 0 aliphatic rings. The molecule has 1 N–H and O–H groups in total. The molecule has 0 aromatic carbocycles. The van der Waals surface area contributed by atoms with Crippen LogP contribution < -0.4 is 0 Å². The molecule has 0 aliphatic heterocycles. The molecule has 48 valence electrons. The largest absolute Gasteiger partial charge is 0.392 e. The number of aliphatic hydroxyl groups is 1. The molecule has 0 radical (unpaired) electrons. The molecule has 0 spiro atoms. The van der Waals surface area contributed by atoms with Gasteiger partial charge in [0.2, 0.25) is 0 Å². The van der Waals surface area contributed by atoms with Crippen molar-refractivity contribution < 1.29 is 5.11 Å². The quantitative estimate of drug-likeness (QED) is 0.585. The van der Waals surface area contributed by atoms with E-state index in [0.29, 0.717) is 0 Å². The molecule has 1 aromatic heterocycles. The van der Waals surface area contributed by atoms with Gasteiger partial charge in [0.1, 0.15) is 3.70 Å². The third kappa shape index (κ3) is 1.91. The van der Waals surface area contributed by atoms with E-state index < -0.39 is 0 Å². The average molecular weight is 235 g/mol. The molecule has 1 rings (SSSR count). The highest BCUT2D eigenvalue weighted by Crippen LogP contribution is 2.01. The lowest BCUT2D eigenvalue weighted by molar-refractivity contribution is 0.281. The molecule has 0 atom stereocenters. The molecule has 0 bridgehead atoms. The third-order valence-corrected chi connectivity index (χ3v) is 1.61. The maximum Gasteiger partial charge on any atom is 0.101 e. The maximum atomic E-state index is 8.59. The summed E-state index contributed by atoms with van der Waals surface area (Å²) in [5, 5.41) is 8.59. The van der Waals surface area contributed by atoms with Gasteiger partial charge in [0.15, 0.2) is 0 Å². The van der Waals surface area contributed by atoms with E-state index in [9.17, 15) is 0 Å². The number of aliphatic hydroxyl groups excluding tert-OH is 1. The minimum Gasteiger partial charge on any atom is -0.392 e. The fraction of sp³-hybridized carbons (Fsp3) is 0.167. The standard InChI is InChI=1S/C6H6INO/c7-6-2-1-5(4-9)3-8-6/h1-3,9H,4H2. The first kappa shape index (κ1) is 6.95. The van der Waals surface area contributed by atoms with Gasteiger partial charge in [0, 0.05) is 6.20 Å². The fourth-order valence-electron chi connectivity index (χ4n) is 0.500. The lowest BCUT2D eigenvalue weighted by Gasteiger charge is -1.92. The molecular formula is C6H6INO. The Morgan fingerprint density at radius 2 is 2.33 bits per heavy atom. The van der Waals surface area contributed by atoms with Gasteiger partial charge in [-0.3, -0.25) is 0 Å². The summed E-state index contributed by atoms with van der Waals surface area (Å²) in [6, 6.07) is 3.72. The van der Waals surface area contributed by atoms with Crippen LogP contribution in [0.1, 0.15) is 5.56 Å². The first-order chi connectivity index (χ1) is 4.33. The summed E-state index contributed by atoms with van der Waals surface area (Å²) >= 11 is 2.12. The van der Waals surface area contributed by atoms with Crippen molar-refractivity contribution in [2.24, 2.45) is 0 Å². The van der Waals surface area contributed by atoms with Crippen LogP contribution in [0, 0.1) is 3.70 Å². The maximum absolute atomic E-state index is 8.59. The van der Waals surface area contributed by atoms with Gasteiger partial charge < -0.3 is 5.11 Å². The molecule has 1 aromatic rings. The minimum absolute atomic E-state index is 0.0733. The predicted octanol–water partition coefficient (Wildman–Crippen LogP) is 1.18.